The predicted octanol–water partition coefficient (Wildman–Crippen LogP) is 15.3. The standard InChI is InChI=1S/C52H72N4/c1-5-9-13-17-39-55(40-18-14-10-6-2)51-35-27-47(28-36-51)43-53-49-31-23-45(24-32-49)21-22-46-25-33-50(34-26-46)54-44-48-29-37-52(38-30-48)56(41-19-15-11-7-3)42-20-16-12-8-4/h21-38,43-44H,5-20,39-42H2,1-4H3. The Morgan fingerprint density at radius 3 is 0.911 bits per heavy atom. The van der Waals surface area contributed by atoms with Crippen LogP contribution < -0.4 is 9.80 Å². The maximum atomic E-state index is 4.77. The van der Waals surface area contributed by atoms with Crippen LogP contribution in [0.15, 0.2) is 107 Å². The number of benzene rings is 4. The second-order valence-corrected chi connectivity index (χ2v) is 15.4. The summed E-state index contributed by atoms with van der Waals surface area (Å²) in [6, 6.07) is 34.7. The van der Waals surface area contributed by atoms with Crippen molar-refractivity contribution >= 4 is 47.3 Å². The van der Waals surface area contributed by atoms with Gasteiger partial charge in [0.15, 0.2) is 0 Å². The third-order valence-electron chi connectivity index (χ3n) is 10.6. The first-order chi connectivity index (χ1) is 27.6. The third-order valence-corrected chi connectivity index (χ3v) is 10.6. The monoisotopic (exact) mass is 753 g/mol. The lowest BCUT2D eigenvalue weighted by Crippen LogP contribution is -2.25. The number of nitrogens with zero attached hydrogens (tertiary/aromatic N) is 4. The van der Waals surface area contributed by atoms with E-state index in [1.807, 2.05) is 12.4 Å². The first-order valence-corrected chi connectivity index (χ1v) is 22.3. The third kappa shape index (κ3) is 17.1. The molecule has 0 spiro atoms. The summed E-state index contributed by atoms with van der Waals surface area (Å²) in [6.45, 7) is 13.7. The molecular formula is C52H72N4. The van der Waals surface area contributed by atoms with Gasteiger partial charge < -0.3 is 9.80 Å². The summed E-state index contributed by atoms with van der Waals surface area (Å²) in [5.41, 5.74) is 9.13. The fourth-order valence-electron chi connectivity index (χ4n) is 7.03. The van der Waals surface area contributed by atoms with Gasteiger partial charge in [-0.25, -0.2) is 0 Å². The van der Waals surface area contributed by atoms with Gasteiger partial charge in [-0.1, -0.05) is 165 Å². The van der Waals surface area contributed by atoms with E-state index in [9.17, 15) is 0 Å². The van der Waals surface area contributed by atoms with Gasteiger partial charge in [0, 0.05) is 50.0 Å². The lowest BCUT2D eigenvalue weighted by atomic mass is 10.1. The highest BCUT2D eigenvalue weighted by Gasteiger charge is 2.08. The molecule has 0 radical (unpaired) electrons. The maximum absolute atomic E-state index is 4.77. The fraction of sp³-hybridized carbons (Fsp3) is 0.462. The van der Waals surface area contributed by atoms with Gasteiger partial charge in [-0.3, -0.25) is 9.98 Å². The highest BCUT2D eigenvalue weighted by atomic mass is 15.1. The molecular weight excluding hydrogens is 681 g/mol. The van der Waals surface area contributed by atoms with Crippen molar-refractivity contribution in [2.45, 2.75) is 130 Å². The molecule has 300 valence electrons. The Kier molecular flexibility index (Phi) is 21.5. The van der Waals surface area contributed by atoms with Gasteiger partial charge in [0.2, 0.25) is 0 Å². The zero-order chi connectivity index (χ0) is 39.5. The van der Waals surface area contributed by atoms with Crippen molar-refractivity contribution in [1.29, 1.82) is 0 Å². The van der Waals surface area contributed by atoms with E-state index in [-0.39, 0.29) is 0 Å². The number of anilines is 2. The molecule has 4 rings (SSSR count). The van der Waals surface area contributed by atoms with E-state index < -0.39 is 0 Å². The molecule has 0 unspecified atom stereocenters. The number of hydrogen-bond donors (Lipinski definition) is 0. The molecule has 0 amide bonds. The van der Waals surface area contributed by atoms with E-state index in [4.69, 9.17) is 9.98 Å². The molecule has 0 saturated carbocycles. The zero-order valence-electron chi connectivity index (χ0n) is 35.5. The maximum Gasteiger partial charge on any atom is 0.0630 e. The van der Waals surface area contributed by atoms with Crippen LogP contribution in [0.5, 0.6) is 0 Å². The van der Waals surface area contributed by atoms with E-state index >= 15 is 0 Å². The van der Waals surface area contributed by atoms with Crippen molar-refractivity contribution in [3.63, 3.8) is 0 Å². The van der Waals surface area contributed by atoms with Gasteiger partial charge in [-0.2, -0.15) is 0 Å². The number of rotatable bonds is 28. The van der Waals surface area contributed by atoms with Crippen molar-refractivity contribution in [2.24, 2.45) is 9.98 Å². The molecule has 0 aliphatic rings. The normalized spacial score (nSPS) is 11.7. The Morgan fingerprint density at radius 1 is 0.339 bits per heavy atom. The van der Waals surface area contributed by atoms with E-state index in [0.29, 0.717) is 0 Å². The smallest absolute Gasteiger partial charge is 0.0630 e. The molecule has 0 aliphatic carbocycles. The number of aliphatic imine (C=N–C) groups is 2. The summed E-state index contributed by atoms with van der Waals surface area (Å²) >= 11 is 0. The van der Waals surface area contributed by atoms with Crippen LogP contribution in [0.1, 0.15) is 153 Å². The summed E-state index contributed by atoms with van der Waals surface area (Å²) in [5, 5.41) is 0. The summed E-state index contributed by atoms with van der Waals surface area (Å²) in [4.78, 5) is 14.7. The van der Waals surface area contributed by atoms with Crippen molar-refractivity contribution < 1.29 is 0 Å². The Bertz CT molecular complexity index is 1520. The first-order valence-electron chi connectivity index (χ1n) is 22.3. The van der Waals surface area contributed by atoms with Crippen molar-refractivity contribution in [2.75, 3.05) is 36.0 Å². The Labute approximate surface area is 341 Å². The molecule has 0 saturated heterocycles. The molecule has 4 aromatic rings. The average molecular weight is 753 g/mol. The second kappa shape index (κ2) is 27.2. The Morgan fingerprint density at radius 2 is 0.625 bits per heavy atom. The van der Waals surface area contributed by atoms with Gasteiger partial charge in [-0.05, 0) is 96.5 Å². The average Bonchev–Trinajstić information content (AvgIpc) is 3.24. The molecule has 0 bridgehead atoms. The van der Waals surface area contributed by atoms with Gasteiger partial charge in [0.05, 0.1) is 11.4 Å². The molecule has 4 heteroatoms. The molecule has 0 fully saturated rings. The minimum absolute atomic E-state index is 0.957. The highest BCUT2D eigenvalue weighted by Crippen LogP contribution is 2.22. The summed E-state index contributed by atoms with van der Waals surface area (Å²) < 4.78 is 0. The van der Waals surface area contributed by atoms with Gasteiger partial charge in [0.25, 0.3) is 0 Å². The summed E-state index contributed by atoms with van der Waals surface area (Å²) in [5.74, 6) is 0. The molecule has 0 N–H and O–H groups in total. The number of hydrogen-bond acceptors (Lipinski definition) is 4. The van der Waals surface area contributed by atoms with E-state index in [2.05, 4.69) is 147 Å². The van der Waals surface area contributed by atoms with E-state index in [1.165, 1.54) is 114 Å². The summed E-state index contributed by atoms with van der Waals surface area (Å²) in [6.07, 6.45) is 29.0. The van der Waals surface area contributed by atoms with Gasteiger partial charge in [0.1, 0.15) is 0 Å². The first kappa shape index (κ1) is 44.3. The molecule has 4 nitrogen and oxygen atoms in total. The van der Waals surface area contributed by atoms with Crippen molar-refractivity contribution in [1.82, 2.24) is 0 Å². The molecule has 56 heavy (non-hydrogen) atoms. The lowest BCUT2D eigenvalue weighted by molar-refractivity contribution is 0.609. The van der Waals surface area contributed by atoms with Gasteiger partial charge >= 0.3 is 0 Å². The highest BCUT2D eigenvalue weighted by molar-refractivity contribution is 5.83. The molecule has 0 aromatic heterocycles. The minimum atomic E-state index is 0.957. The molecule has 0 atom stereocenters. The lowest BCUT2D eigenvalue weighted by Gasteiger charge is -2.25. The van der Waals surface area contributed by atoms with E-state index in [1.54, 1.807) is 0 Å². The van der Waals surface area contributed by atoms with Crippen LogP contribution in [0.3, 0.4) is 0 Å². The zero-order valence-corrected chi connectivity index (χ0v) is 35.5. The Balaban J connectivity index is 1.26. The topological polar surface area (TPSA) is 31.2 Å². The quantitative estimate of drug-likeness (QED) is 0.0329. The molecule has 4 aromatic carbocycles. The fourth-order valence-corrected chi connectivity index (χ4v) is 7.03. The second-order valence-electron chi connectivity index (χ2n) is 15.4. The van der Waals surface area contributed by atoms with Crippen LogP contribution in [-0.4, -0.2) is 38.6 Å². The number of unbranched alkanes of at least 4 members (excludes halogenated alkanes) is 12. The van der Waals surface area contributed by atoms with Crippen molar-refractivity contribution in [3.8, 4) is 0 Å². The minimum Gasteiger partial charge on any atom is -0.372 e. The van der Waals surface area contributed by atoms with Gasteiger partial charge in [-0.15, -0.1) is 0 Å². The predicted molar refractivity (Wildman–Crippen MR) is 250 cm³/mol. The SMILES string of the molecule is CCCCCCN(CCCCCC)c1ccc(C=Nc2ccc(C=Cc3ccc(N=Cc4ccc(N(CCCCCC)CCCCCC)cc4)cc3)cc2)cc1. The van der Waals surface area contributed by atoms with Crippen molar-refractivity contribution in [3.05, 3.63) is 119 Å². The van der Waals surface area contributed by atoms with Crippen LogP contribution in [-0.2, 0) is 0 Å². The summed E-state index contributed by atoms with van der Waals surface area (Å²) in [7, 11) is 0. The van der Waals surface area contributed by atoms with Crippen LogP contribution >= 0.6 is 0 Å². The van der Waals surface area contributed by atoms with Crippen LogP contribution in [0.4, 0.5) is 22.7 Å². The van der Waals surface area contributed by atoms with Crippen LogP contribution in [0.25, 0.3) is 12.2 Å². The largest absolute Gasteiger partial charge is 0.372 e. The Hall–Kier alpha value is -4.44. The molecule has 0 aliphatic heterocycles. The molecule has 0 heterocycles. The van der Waals surface area contributed by atoms with Crippen LogP contribution in [0, 0.1) is 0 Å². The van der Waals surface area contributed by atoms with Crippen LogP contribution in [0.2, 0.25) is 0 Å². The van der Waals surface area contributed by atoms with E-state index in [0.717, 1.165) is 59.8 Å².